The highest BCUT2D eigenvalue weighted by Gasteiger charge is 2.08. The third-order valence-corrected chi connectivity index (χ3v) is 3.56. The van der Waals surface area contributed by atoms with Crippen molar-refractivity contribution in [1.82, 2.24) is 0 Å². The smallest absolute Gasteiger partial charge is 0.292 e. The first-order chi connectivity index (χ1) is 9.51. The van der Waals surface area contributed by atoms with Crippen molar-refractivity contribution in [2.45, 2.75) is 34.1 Å². The Morgan fingerprint density at radius 2 is 1.60 bits per heavy atom. The fraction of sp³-hybridized carbons (Fsp3) is 0.278. The molecular formula is C18H19NO. The van der Waals surface area contributed by atoms with E-state index in [0.29, 0.717) is 5.75 Å². The Bertz CT molecular complexity index is 657. The Balaban J connectivity index is 2.33. The van der Waals surface area contributed by atoms with Crippen molar-refractivity contribution >= 4 is 0 Å². The molecule has 0 unspecified atom stereocenters. The van der Waals surface area contributed by atoms with Crippen molar-refractivity contribution in [1.29, 1.82) is 5.26 Å². The van der Waals surface area contributed by atoms with Gasteiger partial charge in [-0.15, -0.1) is 5.26 Å². The minimum absolute atomic E-state index is 0.678. The first-order valence-electron chi connectivity index (χ1n) is 6.73. The minimum atomic E-state index is 0.678. The van der Waals surface area contributed by atoms with E-state index in [4.69, 9.17) is 10.00 Å². The summed E-state index contributed by atoms with van der Waals surface area (Å²) in [6.07, 6.45) is 2.65. The van der Waals surface area contributed by atoms with Gasteiger partial charge in [0.25, 0.3) is 6.26 Å². The zero-order chi connectivity index (χ0) is 14.7. The zero-order valence-electron chi connectivity index (χ0n) is 12.4. The van der Waals surface area contributed by atoms with Gasteiger partial charge in [0, 0.05) is 0 Å². The molecule has 0 saturated heterocycles. The fourth-order valence-electron chi connectivity index (χ4n) is 2.61. The summed E-state index contributed by atoms with van der Waals surface area (Å²) in [4.78, 5) is 0. The summed E-state index contributed by atoms with van der Waals surface area (Å²) < 4.78 is 5.02. The van der Waals surface area contributed by atoms with Crippen LogP contribution in [0, 0.1) is 39.2 Å². The topological polar surface area (TPSA) is 33.0 Å². The van der Waals surface area contributed by atoms with E-state index < -0.39 is 0 Å². The van der Waals surface area contributed by atoms with Crippen LogP contribution in [0.3, 0.4) is 0 Å². The molecule has 0 aliphatic heterocycles. The summed E-state index contributed by atoms with van der Waals surface area (Å²) in [5, 5.41) is 8.66. The van der Waals surface area contributed by atoms with Crippen molar-refractivity contribution < 1.29 is 4.74 Å². The Morgan fingerprint density at radius 1 is 0.950 bits per heavy atom. The molecule has 102 valence electrons. The maximum absolute atomic E-state index is 8.66. The molecule has 20 heavy (non-hydrogen) atoms. The van der Waals surface area contributed by atoms with Crippen LogP contribution in [-0.4, -0.2) is 0 Å². The van der Waals surface area contributed by atoms with Gasteiger partial charge in [0.1, 0.15) is 5.75 Å². The van der Waals surface area contributed by atoms with Gasteiger partial charge in [-0.2, -0.15) is 0 Å². The predicted octanol–water partition coefficient (Wildman–Crippen LogP) is 4.37. The highest BCUT2D eigenvalue weighted by Crippen LogP contribution is 2.26. The van der Waals surface area contributed by atoms with Gasteiger partial charge in [0.2, 0.25) is 0 Å². The molecule has 2 nitrogen and oxygen atoms in total. The van der Waals surface area contributed by atoms with Crippen LogP contribution in [0.5, 0.6) is 5.75 Å². The molecule has 2 aromatic carbocycles. The van der Waals surface area contributed by atoms with E-state index >= 15 is 0 Å². The molecule has 2 heteroatoms. The molecule has 0 heterocycles. The molecule has 0 aliphatic rings. The van der Waals surface area contributed by atoms with Gasteiger partial charge >= 0.3 is 0 Å². The number of ether oxygens (including phenoxy) is 1. The fourth-order valence-corrected chi connectivity index (χ4v) is 2.61. The lowest BCUT2D eigenvalue weighted by atomic mass is 9.96. The van der Waals surface area contributed by atoms with Crippen LogP contribution in [0.1, 0.15) is 33.4 Å². The van der Waals surface area contributed by atoms with Crippen LogP contribution in [-0.2, 0) is 6.42 Å². The van der Waals surface area contributed by atoms with Crippen molar-refractivity contribution in [3.8, 4) is 12.0 Å². The van der Waals surface area contributed by atoms with E-state index in [2.05, 4.69) is 44.2 Å². The maximum atomic E-state index is 8.66. The second kappa shape index (κ2) is 5.79. The summed E-state index contributed by atoms with van der Waals surface area (Å²) in [6, 6.07) is 10.7. The van der Waals surface area contributed by atoms with Crippen LogP contribution >= 0.6 is 0 Å². The average molecular weight is 265 g/mol. The number of nitrogens with zero attached hydrogens (tertiary/aromatic N) is 1. The summed E-state index contributed by atoms with van der Waals surface area (Å²) >= 11 is 0. The van der Waals surface area contributed by atoms with Gasteiger partial charge in [-0.05, 0) is 61.9 Å². The van der Waals surface area contributed by atoms with Crippen LogP contribution in [0.2, 0.25) is 0 Å². The van der Waals surface area contributed by atoms with Gasteiger partial charge in [0.15, 0.2) is 0 Å². The van der Waals surface area contributed by atoms with Gasteiger partial charge in [0.05, 0.1) is 0 Å². The molecule has 0 amide bonds. The number of aryl methyl sites for hydroxylation is 4. The first kappa shape index (κ1) is 14.1. The van der Waals surface area contributed by atoms with E-state index in [-0.39, 0.29) is 0 Å². The molecule has 0 radical (unpaired) electrons. The molecular weight excluding hydrogens is 246 g/mol. The number of nitriles is 1. The summed E-state index contributed by atoms with van der Waals surface area (Å²) in [5.41, 5.74) is 7.20. The van der Waals surface area contributed by atoms with E-state index in [9.17, 15) is 0 Å². The molecule has 0 spiro atoms. The normalized spacial score (nSPS) is 10.2. The lowest BCUT2D eigenvalue weighted by molar-refractivity contribution is 0.498. The van der Waals surface area contributed by atoms with Crippen molar-refractivity contribution in [3.63, 3.8) is 0 Å². The molecule has 2 rings (SSSR count). The Hall–Kier alpha value is -2.27. The third-order valence-electron chi connectivity index (χ3n) is 3.56. The quantitative estimate of drug-likeness (QED) is 0.772. The van der Waals surface area contributed by atoms with Crippen LogP contribution in [0.4, 0.5) is 0 Å². The lowest BCUT2D eigenvalue weighted by Gasteiger charge is -2.11. The average Bonchev–Trinajstić information content (AvgIpc) is 2.37. The summed E-state index contributed by atoms with van der Waals surface area (Å²) in [5.74, 6) is 0.678. The van der Waals surface area contributed by atoms with Gasteiger partial charge < -0.3 is 4.74 Å². The predicted molar refractivity (Wildman–Crippen MR) is 80.9 cm³/mol. The monoisotopic (exact) mass is 265 g/mol. The molecule has 0 fully saturated rings. The molecule has 0 bridgehead atoms. The third kappa shape index (κ3) is 3.00. The summed E-state index contributed by atoms with van der Waals surface area (Å²) in [7, 11) is 0. The van der Waals surface area contributed by atoms with Crippen molar-refractivity contribution in [2.75, 3.05) is 0 Å². The molecule has 0 N–H and O–H groups in total. The minimum Gasteiger partial charge on any atom is -0.387 e. The van der Waals surface area contributed by atoms with E-state index in [0.717, 1.165) is 17.5 Å². The molecule has 2 aromatic rings. The largest absolute Gasteiger partial charge is 0.387 e. The number of hydrogen-bond donors (Lipinski definition) is 0. The van der Waals surface area contributed by atoms with Crippen LogP contribution in [0.15, 0.2) is 30.3 Å². The Kier molecular flexibility index (Phi) is 4.10. The van der Waals surface area contributed by atoms with Crippen molar-refractivity contribution in [3.05, 3.63) is 63.7 Å². The number of hydrogen-bond acceptors (Lipinski definition) is 2. The molecule has 0 aliphatic carbocycles. The van der Waals surface area contributed by atoms with Crippen LogP contribution < -0.4 is 4.74 Å². The zero-order valence-corrected chi connectivity index (χ0v) is 12.4. The van der Waals surface area contributed by atoms with Crippen molar-refractivity contribution in [2.24, 2.45) is 0 Å². The van der Waals surface area contributed by atoms with Crippen LogP contribution in [0.25, 0.3) is 0 Å². The second-order valence-corrected chi connectivity index (χ2v) is 5.36. The molecule has 0 saturated carbocycles. The molecule has 0 atom stereocenters. The van der Waals surface area contributed by atoms with Gasteiger partial charge in [-0.3, -0.25) is 0 Å². The standard InChI is InChI=1S/C18H19NO/c1-12-5-6-17(13(2)7-12)10-16-8-14(3)18(20-11-19)15(4)9-16/h5-9H,10H2,1-4H3. The lowest BCUT2D eigenvalue weighted by Crippen LogP contribution is -1.97. The number of benzene rings is 2. The molecule has 0 aromatic heterocycles. The first-order valence-corrected chi connectivity index (χ1v) is 6.73. The van der Waals surface area contributed by atoms with E-state index in [1.165, 1.54) is 22.3 Å². The van der Waals surface area contributed by atoms with Gasteiger partial charge in [-0.25, -0.2) is 0 Å². The highest BCUT2D eigenvalue weighted by atomic mass is 16.5. The maximum Gasteiger partial charge on any atom is 0.292 e. The van der Waals surface area contributed by atoms with E-state index in [1.54, 1.807) is 6.26 Å². The van der Waals surface area contributed by atoms with E-state index in [1.807, 2.05) is 13.8 Å². The second-order valence-electron chi connectivity index (χ2n) is 5.36. The highest BCUT2D eigenvalue weighted by molar-refractivity contribution is 5.46. The summed E-state index contributed by atoms with van der Waals surface area (Å²) in [6.45, 7) is 8.21. The number of rotatable bonds is 3. The Morgan fingerprint density at radius 3 is 2.15 bits per heavy atom. The van der Waals surface area contributed by atoms with Gasteiger partial charge in [-0.1, -0.05) is 35.9 Å². The SMILES string of the molecule is Cc1ccc(Cc2cc(C)c(OC#N)c(C)c2)c(C)c1. The Labute approximate surface area is 120 Å².